The molecule has 5 N–H and O–H groups in total. The molecule has 1 aromatic heterocycles. The Kier molecular flexibility index (Phi) is 14.1. The standard InChI is InChI=1S/C44H44Cl2N6O4/c45-39-19-34(26-51-41(27-53)44(54)55)42(56-28-31-18-30(21-47)23-49-24-31)20-33(39)25-50-40-10-4-8-36(38(40)22-48)37-9-3-7-35(43(37)46)32-13-11-29(12-14-32)6-5-17-52-15-1-2-16-52/h3-4,7-14,18-20,22-24,41,48,50-51,53H,1-2,5-6,15-17,25-28H2,(H,54,55). The third-order valence-corrected chi connectivity index (χ3v) is 10.7. The Balaban J connectivity index is 1.21. The average Bonchev–Trinajstić information content (AvgIpc) is 3.74. The van der Waals surface area contributed by atoms with Crippen LogP contribution < -0.4 is 15.4 Å². The molecule has 12 heteroatoms. The fourth-order valence-electron chi connectivity index (χ4n) is 6.92. The maximum absolute atomic E-state index is 11.5. The first kappa shape index (κ1) is 40.4. The minimum atomic E-state index is -1.19. The van der Waals surface area contributed by atoms with Crippen LogP contribution in [0.1, 0.15) is 52.6 Å². The summed E-state index contributed by atoms with van der Waals surface area (Å²) >= 11 is 13.9. The highest BCUT2D eigenvalue weighted by Gasteiger charge is 2.19. The van der Waals surface area contributed by atoms with Crippen molar-refractivity contribution in [3.8, 4) is 34.1 Å². The van der Waals surface area contributed by atoms with Crippen LogP contribution in [0.5, 0.6) is 5.75 Å². The number of aliphatic hydroxyl groups excluding tert-OH is 1. The fraction of sp³-hybridized carbons (Fsp3) is 0.273. The summed E-state index contributed by atoms with van der Waals surface area (Å²) in [5.41, 5.74) is 8.56. The average molecular weight is 792 g/mol. The number of carboxylic acid groups (broad SMARTS) is 1. The Morgan fingerprint density at radius 2 is 1.71 bits per heavy atom. The van der Waals surface area contributed by atoms with Gasteiger partial charge in [0.25, 0.3) is 0 Å². The molecule has 1 fully saturated rings. The van der Waals surface area contributed by atoms with Crippen molar-refractivity contribution in [3.05, 3.63) is 135 Å². The Morgan fingerprint density at radius 3 is 2.45 bits per heavy atom. The largest absolute Gasteiger partial charge is 0.489 e. The van der Waals surface area contributed by atoms with Crippen LogP contribution in [0.2, 0.25) is 10.0 Å². The van der Waals surface area contributed by atoms with Crippen LogP contribution in [0.25, 0.3) is 22.3 Å². The topological polar surface area (TPSA) is 155 Å². The minimum absolute atomic E-state index is 0.0552. The van der Waals surface area contributed by atoms with Gasteiger partial charge in [-0.15, -0.1) is 0 Å². The number of hydrogen-bond donors (Lipinski definition) is 5. The number of aromatic nitrogens is 1. The van der Waals surface area contributed by atoms with Crippen molar-refractivity contribution < 1.29 is 19.7 Å². The van der Waals surface area contributed by atoms with Gasteiger partial charge < -0.3 is 30.6 Å². The number of likely N-dealkylation sites (tertiary alicyclic amines) is 1. The molecule has 2 heterocycles. The smallest absolute Gasteiger partial charge is 0.323 e. The SMILES string of the molecule is N#Cc1cncc(COc2cc(CNc3cccc(-c4cccc(-c5ccc(CCCN6CCCC6)cc5)c4Cl)c3C=N)c(Cl)cc2CNC(CO)C(=O)O)c1. The lowest BCUT2D eigenvalue weighted by Crippen LogP contribution is -2.39. The molecular weight excluding hydrogens is 747 g/mol. The zero-order chi connectivity index (χ0) is 39.4. The van der Waals surface area contributed by atoms with E-state index >= 15 is 0 Å². The molecule has 0 spiro atoms. The first-order valence-corrected chi connectivity index (χ1v) is 19.4. The van der Waals surface area contributed by atoms with E-state index < -0.39 is 18.6 Å². The van der Waals surface area contributed by atoms with Gasteiger partial charge in [0.05, 0.1) is 17.2 Å². The van der Waals surface area contributed by atoms with Crippen LogP contribution in [-0.2, 0) is 30.9 Å². The highest BCUT2D eigenvalue weighted by Crippen LogP contribution is 2.39. The molecule has 1 unspecified atom stereocenters. The molecule has 1 atom stereocenters. The fourth-order valence-corrected chi connectivity index (χ4v) is 7.51. The van der Waals surface area contributed by atoms with Gasteiger partial charge >= 0.3 is 5.97 Å². The van der Waals surface area contributed by atoms with Gasteiger partial charge in [0.15, 0.2) is 0 Å². The first-order valence-electron chi connectivity index (χ1n) is 18.6. The van der Waals surface area contributed by atoms with Gasteiger partial charge in [-0.05, 0) is 91.8 Å². The molecule has 288 valence electrons. The number of anilines is 1. The summed E-state index contributed by atoms with van der Waals surface area (Å²) in [6.45, 7) is 3.41. The Hall–Kier alpha value is -5.28. The molecule has 0 bridgehead atoms. The molecule has 56 heavy (non-hydrogen) atoms. The van der Waals surface area contributed by atoms with Crippen LogP contribution in [-0.4, -0.2) is 64.6 Å². The summed E-state index contributed by atoms with van der Waals surface area (Å²) in [6, 6.07) is 26.4. The van der Waals surface area contributed by atoms with Crippen LogP contribution in [0, 0.1) is 16.7 Å². The monoisotopic (exact) mass is 790 g/mol. The van der Waals surface area contributed by atoms with E-state index in [4.69, 9.17) is 33.3 Å². The second-order valence-electron chi connectivity index (χ2n) is 13.8. The number of nitriles is 1. The van der Waals surface area contributed by atoms with Crippen molar-refractivity contribution in [2.24, 2.45) is 0 Å². The van der Waals surface area contributed by atoms with Crippen molar-refractivity contribution in [1.29, 1.82) is 10.7 Å². The molecule has 5 aromatic rings. The molecular formula is C44H44Cl2N6O4. The lowest BCUT2D eigenvalue weighted by Gasteiger charge is -2.19. The molecule has 4 aromatic carbocycles. The van der Waals surface area contributed by atoms with E-state index in [-0.39, 0.29) is 19.7 Å². The Labute approximate surface area is 337 Å². The number of rotatable bonds is 18. The quantitative estimate of drug-likeness (QED) is 0.0551. The number of aryl methyl sites for hydroxylation is 1. The lowest BCUT2D eigenvalue weighted by molar-refractivity contribution is -0.140. The van der Waals surface area contributed by atoms with E-state index in [2.05, 4.69) is 50.9 Å². The van der Waals surface area contributed by atoms with Gasteiger partial charge in [-0.1, -0.05) is 77.8 Å². The van der Waals surface area contributed by atoms with Gasteiger partial charge in [-0.25, -0.2) is 0 Å². The molecule has 10 nitrogen and oxygen atoms in total. The van der Waals surface area contributed by atoms with E-state index in [1.165, 1.54) is 43.9 Å². The van der Waals surface area contributed by atoms with Crippen molar-refractivity contribution in [1.82, 2.24) is 15.2 Å². The van der Waals surface area contributed by atoms with Crippen LogP contribution >= 0.6 is 23.2 Å². The van der Waals surface area contributed by atoms with E-state index in [0.717, 1.165) is 41.6 Å². The lowest BCUT2D eigenvalue weighted by atomic mass is 9.94. The predicted octanol–water partition coefficient (Wildman–Crippen LogP) is 8.35. The molecule has 6 rings (SSSR count). The Morgan fingerprint density at radius 1 is 0.964 bits per heavy atom. The second-order valence-corrected chi connectivity index (χ2v) is 14.6. The maximum atomic E-state index is 11.5. The van der Waals surface area contributed by atoms with E-state index in [0.29, 0.717) is 49.3 Å². The number of nitrogens with zero attached hydrogens (tertiary/aromatic N) is 3. The van der Waals surface area contributed by atoms with Crippen molar-refractivity contribution in [3.63, 3.8) is 0 Å². The summed E-state index contributed by atoms with van der Waals surface area (Å²) in [5, 5.41) is 44.0. The molecule has 0 amide bonds. The maximum Gasteiger partial charge on any atom is 0.323 e. The Bertz CT molecular complexity index is 2200. The summed E-state index contributed by atoms with van der Waals surface area (Å²) in [7, 11) is 0. The van der Waals surface area contributed by atoms with Crippen molar-refractivity contribution in [2.45, 2.75) is 51.4 Å². The summed E-state index contributed by atoms with van der Waals surface area (Å²) in [6.07, 6.45) is 9.19. The normalized spacial score (nSPS) is 13.2. The van der Waals surface area contributed by atoms with Gasteiger partial charge in [0.2, 0.25) is 0 Å². The van der Waals surface area contributed by atoms with Gasteiger partial charge in [-0.2, -0.15) is 5.26 Å². The van der Waals surface area contributed by atoms with Gasteiger partial charge in [0, 0.05) is 70.2 Å². The molecule has 0 aliphatic carbocycles. The van der Waals surface area contributed by atoms with Gasteiger partial charge in [0.1, 0.15) is 24.5 Å². The molecule has 1 aliphatic heterocycles. The molecule has 0 saturated carbocycles. The van der Waals surface area contributed by atoms with Crippen LogP contribution in [0.4, 0.5) is 5.69 Å². The second kappa shape index (κ2) is 19.5. The molecule has 1 aliphatic rings. The number of halogens is 2. The number of aliphatic hydroxyl groups is 1. The van der Waals surface area contributed by atoms with E-state index in [9.17, 15) is 20.3 Å². The van der Waals surface area contributed by atoms with Crippen molar-refractivity contribution >= 4 is 41.1 Å². The number of carboxylic acids is 1. The first-order chi connectivity index (χ1) is 27.3. The molecule has 1 saturated heterocycles. The van der Waals surface area contributed by atoms with Crippen molar-refractivity contribution in [2.75, 3.05) is 31.6 Å². The number of ether oxygens (including phenoxy) is 1. The minimum Gasteiger partial charge on any atom is -0.489 e. The summed E-state index contributed by atoms with van der Waals surface area (Å²) in [4.78, 5) is 18.2. The van der Waals surface area contributed by atoms with E-state index in [1.807, 2.05) is 36.4 Å². The highest BCUT2D eigenvalue weighted by molar-refractivity contribution is 6.36. The summed E-state index contributed by atoms with van der Waals surface area (Å²) in [5.74, 6) is -0.756. The van der Waals surface area contributed by atoms with Crippen LogP contribution in [0.15, 0.2) is 91.3 Å². The third kappa shape index (κ3) is 10.1. The van der Waals surface area contributed by atoms with E-state index in [1.54, 1.807) is 24.4 Å². The third-order valence-electron chi connectivity index (χ3n) is 9.98. The number of hydrogen-bond acceptors (Lipinski definition) is 9. The number of aliphatic carboxylic acids is 1. The summed E-state index contributed by atoms with van der Waals surface area (Å²) < 4.78 is 6.18. The zero-order valence-corrected chi connectivity index (χ0v) is 32.4. The zero-order valence-electron chi connectivity index (χ0n) is 30.9. The predicted molar refractivity (Wildman–Crippen MR) is 222 cm³/mol. The number of carbonyl (C=O) groups is 1. The number of benzene rings is 4. The number of nitrogens with one attached hydrogen (secondary N) is 3. The van der Waals surface area contributed by atoms with Crippen LogP contribution in [0.3, 0.4) is 0 Å². The number of pyridine rings is 1. The highest BCUT2D eigenvalue weighted by atomic mass is 35.5. The molecule has 0 radical (unpaired) electrons. The van der Waals surface area contributed by atoms with Gasteiger partial charge in [-0.3, -0.25) is 15.1 Å².